The second-order valence-electron chi connectivity index (χ2n) is 6.03. The maximum absolute atomic E-state index is 13.9. The predicted octanol–water partition coefficient (Wildman–Crippen LogP) is 3.07. The van der Waals surface area contributed by atoms with Crippen LogP contribution in [0, 0.1) is 17.6 Å². The van der Waals surface area contributed by atoms with E-state index in [-0.39, 0.29) is 23.3 Å². The fourth-order valence-electron chi connectivity index (χ4n) is 2.94. The standard InChI is InChI=1S/C17H19F2N3O/c1-3-16(14-6-11(18)4-5-15(14)19)21-17(23)13-7-12(13)10-8-20-22(2)9-10/h4-6,8-9,12-13,16H,3,7H2,1-2H3,(H,21,23). The van der Waals surface area contributed by atoms with E-state index in [9.17, 15) is 13.6 Å². The molecular formula is C17H19F2N3O. The molecule has 1 saturated carbocycles. The van der Waals surface area contributed by atoms with Crippen LogP contribution in [-0.2, 0) is 11.8 Å². The summed E-state index contributed by atoms with van der Waals surface area (Å²) >= 11 is 0. The first kappa shape index (κ1) is 15.6. The highest BCUT2D eigenvalue weighted by molar-refractivity contribution is 5.83. The van der Waals surface area contributed by atoms with Gasteiger partial charge in [-0.25, -0.2) is 8.78 Å². The highest BCUT2D eigenvalue weighted by Crippen LogP contribution is 2.47. The molecule has 4 nitrogen and oxygen atoms in total. The van der Waals surface area contributed by atoms with Gasteiger partial charge in [0.25, 0.3) is 0 Å². The van der Waals surface area contributed by atoms with Crippen LogP contribution in [0.15, 0.2) is 30.6 Å². The third kappa shape index (κ3) is 3.25. The lowest BCUT2D eigenvalue weighted by Crippen LogP contribution is -2.30. The van der Waals surface area contributed by atoms with Crippen molar-refractivity contribution < 1.29 is 13.6 Å². The topological polar surface area (TPSA) is 46.9 Å². The van der Waals surface area contributed by atoms with Crippen LogP contribution in [0.2, 0.25) is 0 Å². The number of carbonyl (C=O) groups excluding carboxylic acids is 1. The lowest BCUT2D eigenvalue weighted by atomic mass is 10.0. The number of benzene rings is 1. The number of rotatable bonds is 5. The molecule has 1 aliphatic carbocycles. The Balaban J connectivity index is 1.68. The molecule has 0 radical (unpaired) electrons. The third-order valence-corrected chi connectivity index (χ3v) is 4.34. The SMILES string of the molecule is CCC(NC(=O)C1CC1c1cnn(C)c1)c1cc(F)ccc1F. The number of nitrogens with one attached hydrogen (secondary N) is 1. The Morgan fingerprint density at radius 1 is 1.48 bits per heavy atom. The number of carbonyl (C=O) groups is 1. The largest absolute Gasteiger partial charge is 0.349 e. The number of aromatic nitrogens is 2. The molecular weight excluding hydrogens is 300 g/mol. The number of halogens is 2. The number of aryl methyl sites for hydroxylation is 1. The summed E-state index contributed by atoms with van der Waals surface area (Å²) in [5.41, 5.74) is 1.23. The molecule has 23 heavy (non-hydrogen) atoms. The molecule has 1 N–H and O–H groups in total. The van der Waals surface area contributed by atoms with Gasteiger partial charge in [0.2, 0.25) is 5.91 Å². The van der Waals surface area contributed by atoms with E-state index in [0.717, 1.165) is 30.2 Å². The zero-order chi connectivity index (χ0) is 16.6. The van der Waals surface area contributed by atoms with Gasteiger partial charge in [-0.3, -0.25) is 9.48 Å². The smallest absolute Gasteiger partial charge is 0.224 e. The first-order valence-corrected chi connectivity index (χ1v) is 7.73. The minimum absolute atomic E-state index is 0.116. The van der Waals surface area contributed by atoms with Crippen LogP contribution >= 0.6 is 0 Å². The average Bonchev–Trinajstić information content (AvgIpc) is 3.22. The molecule has 3 rings (SSSR count). The Morgan fingerprint density at radius 3 is 2.91 bits per heavy atom. The molecule has 6 heteroatoms. The van der Waals surface area contributed by atoms with E-state index in [0.29, 0.717) is 6.42 Å². The summed E-state index contributed by atoms with van der Waals surface area (Å²) < 4.78 is 28.9. The normalized spacial score (nSPS) is 21.0. The first-order valence-electron chi connectivity index (χ1n) is 7.73. The van der Waals surface area contributed by atoms with E-state index in [4.69, 9.17) is 0 Å². The van der Waals surface area contributed by atoms with Crippen molar-refractivity contribution in [3.05, 3.63) is 53.4 Å². The summed E-state index contributed by atoms with van der Waals surface area (Å²) in [7, 11) is 1.83. The lowest BCUT2D eigenvalue weighted by Gasteiger charge is -2.18. The Labute approximate surface area is 133 Å². The van der Waals surface area contributed by atoms with Gasteiger partial charge in [-0.15, -0.1) is 0 Å². The molecule has 0 aliphatic heterocycles. The van der Waals surface area contributed by atoms with Crippen LogP contribution in [0.4, 0.5) is 8.78 Å². The second kappa shape index (κ2) is 6.10. The molecule has 122 valence electrons. The summed E-state index contributed by atoms with van der Waals surface area (Å²) in [6.07, 6.45) is 4.93. The zero-order valence-electron chi connectivity index (χ0n) is 13.1. The van der Waals surface area contributed by atoms with Crippen molar-refractivity contribution >= 4 is 5.91 Å². The summed E-state index contributed by atoms with van der Waals surface area (Å²) in [5, 5.41) is 6.96. The molecule has 1 aliphatic rings. The molecule has 3 unspecified atom stereocenters. The van der Waals surface area contributed by atoms with E-state index >= 15 is 0 Å². The second-order valence-corrected chi connectivity index (χ2v) is 6.03. The molecule has 1 fully saturated rings. The Hall–Kier alpha value is -2.24. The Bertz CT molecular complexity index is 728. The van der Waals surface area contributed by atoms with Crippen molar-refractivity contribution in [1.82, 2.24) is 15.1 Å². The van der Waals surface area contributed by atoms with Crippen molar-refractivity contribution in [3.63, 3.8) is 0 Å². The number of amides is 1. The van der Waals surface area contributed by atoms with Crippen LogP contribution in [0.25, 0.3) is 0 Å². The fraction of sp³-hybridized carbons (Fsp3) is 0.412. The van der Waals surface area contributed by atoms with Gasteiger partial charge in [0.05, 0.1) is 12.2 Å². The maximum Gasteiger partial charge on any atom is 0.224 e. The first-order chi connectivity index (χ1) is 11.0. The molecule has 2 aromatic rings. The van der Waals surface area contributed by atoms with Crippen LogP contribution in [0.5, 0.6) is 0 Å². The molecule has 0 bridgehead atoms. The third-order valence-electron chi connectivity index (χ3n) is 4.34. The Morgan fingerprint density at radius 2 is 2.26 bits per heavy atom. The Kier molecular flexibility index (Phi) is 4.15. The fourth-order valence-corrected chi connectivity index (χ4v) is 2.94. The summed E-state index contributed by atoms with van der Waals surface area (Å²) in [6.45, 7) is 1.83. The highest BCUT2D eigenvalue weighted by Gasteiger charge is 2.45. The highest BCUT2D eigenvalue weighted by atomic mass is 19.1. The van der Waals surface area contributed by atoms with E-state index in [1.54, 1.807) is 10.9 Å². The zero-order valence-corrected chi connectivity index (χ0v) is 13.1. The van der Waals surface area contributed by atoms with E-state index in [1.165, 1.54) is 0 Å². The number of nitrogens with zero attached hydrogens (tertiary/aromatic N) is 2. The van der Waals surface area contributed by atoms with Crippen molar-refractivity contribution in [2.45, 2.75) is 31.7 Å². The van der Waals surface area contributed by atoms with Crippen molar-refractivity contribution in [2.75, 3.05) is 0 Å². The van der Waals surface area contributed by atoms with Gasteiger partial charge in [0.1, 0.15) is 11.6 Å². The minimum Gasteiger partial charge on any atom is -0.349 e. The van der Waals surface area contributed by atoms with Crippen molar-refractivity contribution in [1.29, 1.82) is 0 Å². The lowest BCUT2D eigenvalue weighted by molar-refractivity contribution is -0.123. The summed E-state index contributed by atoms with van der Waals surface area (Å²) in [6, 6.07) is 2.80. The monoisotopic (exact) mass is 319 g/mol. The minimum atomic E-state index is -0.520. The van der Waals surface area contributed by atoms with E-state index < -0.39 is 17.7 Å². The molecule has 1 heterocycles. The molecule has 1 aromatic carbocycles. The van der Waals surface area contributed by atoms with Crippen LogP contribution in [-0.4, -0.2) is 15.7 Å². The molecule has 3 atom stereocenters. The van der Waals surface area contributed by atoms with Gasteiger partial charge >= 0.3 is 0 Å². The van der Waals surface area contributed by atoms with E-state index in [2.05, 4.69) is 10.4 Å². The summed E-state index contributed by atoms with van der Waals surface area (Å²) in [5.74, 6) is -1.08. The molecule has 0 saturated heterocycles. The number of hydrogen-bond acceptors (Lipinski definition) is 2. The quantitative estimate of drug-likeness (QED) is 0.920. The molecule has 1 aromatic heterocycles. The van der Waals surface area contributed by atoms with Crippen LogP contribution in [0.1, 0.15) is 42.9 Å². The average molecular weight is 319 g/mol. The van der Waals surface area contributed by atoms with Crippen molar-refractivity contribution in [3.8, 4) is 0 Å². The van der Waals surface area contributed by atoms with Gasteiger partial charge in [-0.05, 0) is 42.5 Å². The van der Waals surface area contributed by atoms with Gasteiger partial charge in [0, 0.05) is 24.7 Å². The van der Waals surface area contributed by atoms with Crippen LogP contribution < -0.4 is 5.32 Å². The van der Waals surface area contributed by atoms with Gasteiger partial charge < -0.3 is 5.32 Å². The van der Waals surface area contributed by atoms with Gasteiger partial charge in [-0.2, -0.15) is 5.10 Å². The van der Waals surface area contributed by atoms with Gasteiger partial charge in [-0.1, -0.05) is 6.92 Å². The molecule has 0 spiro atoms. The summed E-state index contributed by atoms with van der Waals surface area (Å²) in [4.78, 5) is 12.4. The predicted molar refractivity (Wildman–Crippen MR) is 81.6 cm³/mol. The van der Waals surface area contributed by atoms with Crippen LogP contribution in [0.3, 0.4) is 0 Å². The maximum atomic E-state index is 13.9. The molecule has 1 amide bonds. The number of hydrogen-bond donors (Lipinski definition) is 1. The van der Waals surface area contributed by atoms with Gasteiger partial charge in [0.15, 0.2) is 0 Å². The van der Waals surface area contributed by atoms with E-state index in [1.807, 2.05) is 20.2 Å². The van der Waals surface area contributed by atoms with Crippen molar-refractivity contribution in [2.24, 2.45) is 13.0 Å².